The van der Waals surface area contributed by atoms with Gasteiger partial charge < -0.3 is 9.47 Å². The number of nitrogens with zero attached hydrogens (tertiary/aromatic N) is 1. The van der Waals surface area contributed by atoms with E-state index in [2.05, 4.69) is 22.0 Å². The van der Waals surface area contributed by atoms with Gasteiger partial charge in [-0.15, -0.1) is 0 Å². The second kappa shape index (κ2) is 6.31. The maximum atomic E-state index is 8.90. The predicted octanol–water partition coefficient (Wildman–Crippen LogP) is 2.73. The Morgan fingerprint density at radius 3 is 2.87 bits per heavy atom. The van der Waals surface area contributed by atoms with Gasteiger partial charge >= 0.3 is 0 Å². The molecule has 1 rings (SSSR count). The molecule has 1 aromatic carbocycles. The molecule has 0 heterocycles. The van der Waals surface area contributed by atoms with E-state index < -0.39 is 0 Å². The lowest BCUT2D eigenvalue weighted by Gasteiger charge is -2.11. The molecule has 0 aliphatic carbocycles. The van der Waals surface area contributed by atoms with Crippen LogP contribution in [0.5, 0.6) is 11.5 Å². The number of para-hydroxylation sites is 1. The van der Waals surface area contributed by atoms with Crippen molar-refractivity contribution in [2.75, 3.05) is 19.0 Å². The third-order valence-electron chi connectivity index (χ3n) is 1.84. The summed E-state index contributed by atoms with van der Waals surface area (Å²) in [6.45, 7) is 0.570. The summed E-state index contributed by atoms with van der Waals surface area (Å²) in [5, 5.41) is 9.78. The van der Waals surface area contributed by atoms with Gasteiger partial charge in [-0.3, -0.25) is 0 Å². The topological polar surface area (TPSA) is 42.2 Å². The minimum absolute atomic E-state index is 0.504. The number of halogens is 1. The molecule has 0 spiro atoms. The zero-order valence-electron chi connectivity index (χ0n) is 8.50. The Morgan fingerprint density at radius 2 is 2.27 bits per heavy atom. The van der Waals surface area contributed by atoms with Crippen molar-refractivity contribution in [1.29, 1.82) is 5.26 Å². The van der Waals surface area contributed by atoms with Crippen LogP contribution in [0.1, 0.15) is 12.0 Å². The lowest BCUT2D eigenvalue weighted by Crippen LogP contribution is -2.01. The number of ether oxygens (including phenoxy) is 2. The second-order valence-corrected chi connectivity index (χ2v) is 3.63. The molecule has 0 amide bonds. The van der Waals surface area contributed by atoms with Gasteiger partial charge in [-0.05, 0) is 18.6 Å². The fourth-order valence-electron chi connectivity index (χ4n) is 1.14. The van der Waals surface area contributed by atoms with Crippen molar-refractivity contribution in [3.05, 3.63) is 23.8 Å². The third kappa shape index (κ3) is 3.14. The molecule has 15 heavy (non-hydrogen) atoms. The van der Waals surface area contributed by atoms with Crippen LogP contribution < -0.4 is 9.47 Å². The van der Waals surface area contributed by atoms with Gasteiger partial charge in [-0.2, -0.15) is 5.26 Å². The van der Waals surface area contributed by atoms with Gasteiger partial charge in [0.25, 0.3) is 0 Å². The van der Waals surface area contributed by atoms with E-state index in [4.69, 9.17) is 14.7 Å². The summed E-state index contributed by atoms with van der Waals surface area (Å²) >= 11 is 3.32. The van der Waals surface area contributed by atoms with Crippen LogP contribution in [-0.2, 0) is 0 Å². The second-order valence-electron chi connectivity index (χ2n) is 2.84. The van der Waals surface area contributed by atoms with Crippen molar-refractivity contribution in [3.8, 4) is 17.6 Å². The average Bonchev–Trinajstić information content (AvgIpc) is 2.29. The normalized spacial score (nSPS) is 9.40. The van der Waals surface area contributed by atoms with E-state index in [1.807, 2.05) is 0 Å². The molecule has 0 aromatic heterocycles. The summed E-state index contributed by atoms with van der Waals surface area (Å²) in [5.41, 5.74) is 0.504. The van der Waals surface area contributed by atoms with Crippen molar-refractivity contribution >= 4 is 15.9 Å². The van der Waals surface area contributed by atoms with E-state index >= 15 is 0 Å². The lowest BCUT2D eigenvalue weighted by molar-refractivity contribution is 0.294. The molecule has 0 atom stereocenters. The van der Waals surface area contributed by atoms with Gasteiger partial charge in [0.1, 0.15) is 6.07 Å². The number of hydrogen-bond acceptors (Lipinski definition) is 3. The smallest absolute Gasteiger partial charge is 0.178 e. The van der Waals surface area contributed by atoms with Crippen LogP contribution in [0.15, 0.2) is 18.2 Å². The largest absolute Gasteiger partial charge is 0.493 e. The Kier molecular flexibility index (Phi) is 4.99. The maximum Gasteiger partial charge on any atom is 0.178 e. The van der Waals surface area contributed by atoms with E-state index in [1.165, 1.54) is 0 Å². The third-order valence-corrected chi connectivity index (χ3v) is 2.40. The van der Waals surface area contributed by atoms with Crippen LogP contribution in [0.3, 0.4) is 0 Å². The summed E-state index contributed by atoms with van der Waals surface area (Å²) in [7, 11) is 1.56. The fraction of sp³-hybridized carbons (Fsp3) is 0.364. The number of rotatable bonds is 5. The molecule has 0 N–H and O–H groups in total. The molecule has 0 unspecified atom stereocenters. The van der Waals surface area contributed by atoms with E-state index in [0.717, 1.165) is 11.8 Å². The van der Waals surface area contributed by atoms with Crippen LogP contribution in [0, 0.1) is 11.3 Å². The van der Waals surface area contributed by atoms with E-state index in [1.54, 1.807) is 25.3 Å². The predicted molar refractivity (Wildman–Crippen MR) is 61.6 cm³/mol. The summed E-state index contributed by atoms with van der Waals surface area (Å²) in [4.78, 5) is 0. The Morgan fingerprint density at radius 1 is 1.47 bits per heavy atom. The van der Waals surface area contributed by atoms with Gasteiger partial charge in [0, 0.05) is 5.33 Å². The first-order valence-electron chi connectivity index (χ1n) is 4.59. The minimum atomic E-state index is 0.504. The van der Waals surface area contributed by atoms with Gasteiger partial charge in [0.15, 0.2) is 11.5 Å². The highest BCUT2D eigenvalue weighted by atomic mass is 79.9. The zero-order valence-corrected chi connectivity index (χ0v) is 10.1. The first-order chi connectivity index (χ1) is 7.33. The van der Waals surface area contributed by atoms with Crippen LogP contribution in [0.2, 0.25) is 0 Å². The number of alkyl halides is 1. The van der Waals surface area contributed by atoms with Gasteiger partial charge in [-0.1, -0.05) is 22.0 Å². The Balaban J connectivity index is 2.86. The molecular weight excluding hydrogens is 258 g/mol. The molecule has 0 aliphatic heterocycles. The highest BCUT2D eigenvalue weighted by Gasteiger charge is 2.09. The lowest BCUT2D eigenvalue weighted by atomic mass is 10.2. The quantitative estimate of drug-likeness (QED) is 0.610. The maximum absolute atomic E-state index is 8.90. The Bertz CT molecular complexity index is 360. The Hall–Kier alpha value is -1.21. The van der Waals surface area contributed by atoms with Crippen molar-refractivity contribution in [2.24, 2.45) is 0 Å². The first kappa shape index (κ1) is 11.9. The van der Waals surface area contributed by atoms with Crippen LogP contribution in [0.4, 0.5) is 0 Å². The standard InChI is InChI=1S/C11H12BrNO2/c1-14-10-5-2-4-9(8-13)11(10)15-7-3-6-12/h2,4-5H,3,6-7H2,1H3. The van der Waals surface area contributed by atoms with E-state index in [-0.39, 0.29) is 0 Å². The molecular formula is C11H12BrNO2. The highest BCUT2D eigenvalue weighted by molar-refractivity contribution is 9.09. The average molecular weight is 270 g/mol. The van der Waals surface area contributed by atoms with Crippen LogP contribution in [-0.4, -0.2) is 19.0 Å². The summed E-state index contributed by atoms with van der Waals surface area (Å²) in [6.07, 6.45) is 0.892. The van der Waals surface area contributed by atoms with Crippen molar-refractivity contribution in [1.82, 2.24) is 0 Å². The number of methoxy groups -OCH3 is 1. The fourth-order valence-corrected chi connectivity index (χ4v) is 1.37. The van der Waals surface area contributed by atoms with Gasteiger partial charge in [0.05, 0.1) is 19.3 Å². The molecule has 3 nitrogen and oxygen atoms in total. The molecule has 4 heteroatoms. The van der Waals surface area contributed by atoms with Crippen LogP contribution in [0.25, 0.3) is 0 Å². The summed E-state index contributed by atoms with van der Waals surface area (Å²) < 4.78 is 10.6. The van der Waals surface area contributed by atoms with Crippen molar-refractivity contribution in [3.63, 3.8) is 0 Å². The minimum Gasteiger partial charge on any atom is -0.493 e. The summed E-state index contributed by atoms with van der Waals surface area (Å²) in [5.74, 6) is 1.13. The molecule has 0 aliphatic rings. The SMILES string of the molecule is COc1cccc(C#N)c1OCCCBr. The van der Waals surface area contributed by atoms with Crippen molar-refractivity contribution < 1.29 is 9.47 Å². The summed E-state index contributed by atoms with van der Waals surface area (Å²) in [6, 6.07) is 7.35. The Labute approximate surface area is 97.7 Å². The molecule has 80 valence electrons. The zero-order chi connectivity index (χ0) is 11.1. The van der Waals surface area contributed by atoms with Gasteiger partial charge in [-0.25, -0.2) is 0 Å². The highest BCUT2D eigenvalue weighted by Crippen LogP contribution is 2.30. The van der Waals surface area contributed by atoms with Crippen LogP contribution >= 0.6 is 15.9 Å². The molecule has 0 bridgehead atoms. The van der Waals surface area contributed by atoms with Gasteiger partial charge in [0.2, 0.25) is 0 Å². The first-order valence-corrected chi connectivity index (χ1v) is 5.71. The number of nitriles is 1. The van der Waals surface area contributed by atoms with Crippen molar-refractivity contribution in [2.45, 2.75) is 6.42 Å². The van der Waals surface area contributed by atoms with E-state index in [9.17, 15) is 0 Å². The molecule has 0 fully saturated rings. The molecule has 0 saturated heterocycles. The molecule has 0 radical (unpaired) electrons. The monoisotopic (exact) mass is 269 g/mol. The molecule has 1 aromatic rings. The van der Waals surface area contributed by atoms with E-state index in [0.29, 0.717) is 23.7 Å². The number of hydrogen-bond donors (Lipinski definition) is 0. The number of benzene rings is 1. The molecule has 0 saturated carbocycles.